The molecule has 6 aromatic rings. The topological polar surface area (TPSA) is 56.6 Å². The van der Waals surface area contributed by atoms with E-state index in [1.54, 1.807) is 0 Å². The van der Waals surface area contributed by atoms with Crippen LogP contribution in [0.1, 0.15) is 75.3 Å². The van der Waals surface area contributed by atoms with Gasteiger partial charge in [-0.25, -0.2) is 27.4 Å². The maximum absolute atomic E-state index is 4.57. The van der Waals surface area contributed by atoms with E-state index in [1.807, 2.05) is 72.9 Å². The Labute approximate surface area is 346 Å². The zero-order valence-corrected chi connectivity index (χ0v) is 34.8. The van der Waals surface area contributed by atoms with Crippen molar-refractivity contribution < 1.29 is 18.3 Å². The van der Waals surface area contributed by atoms with Crippen molar-refractivity contribution >= 4 is 23.8 Å². The number of hydrogen-bond donors (Lipinski definition) is 0. The normalized spacial score (nSPS) is 11.6. The Morgan fingerprint density at radius 1 is 0.431 bits per heavy atom. The van der Waals surface area contributed by atoms with E-state index in [4.69, 9.17) is 0 Å². The van der Waals surface area contributed by atoms with Crippen LogP contribution >= 0.6 is 0 Å². The van der Waals surface area contributed by atoms with Gasteiger partial charge >= 0.3 is 0 Å². The van der Waals surface area contributed by atoms with Crippen LogP contribution in [0.25, 0.3) is 0 Å². The molecule has 4 aromatic heterocycles. The molecule has 10 nitrogen and oxygen atoms in total. The lowest BCUT2D eigenvalue weighted by Gasteiger charge is -2.11. The Kier molecular flexibility index (Phi) is 16.8. The monoisotopic (exact) mass is 781 g/mol. The van der Waals surface area contributed by atoms with Gasteiger partial charge in [0.2, 0.25) is 12.7 Å². The van der Waals surface area contributed by atoms with Gasteiger partial charge in [-0.15, -0.1) is 0 Å². The molecule has 10 heteroatoms. The summed E-state index contributed by atoms with van der Waals surface area (Å²) in [6.45, 7) is 6.43. The molecule has 0 aliphatic rings. The van der Waals surface area contributed by atoms with Crippen molar-refractivity contribution in [3.05, 3.63) is 158 Å². The third kappa shape index (κ3) is 14.6. The van der Waals surface area contributed by atoms with Crippen molar-refractivity contribution in [2.75, 3.05) is 24.1 Å². The first-order valence-electron chi connectivity index (χ1n) is 21.3. The largest absolute Gasteiger partial charge is 0.269 e. The van der Waals surface area contributed by atoms with Crippen LogP contribution < -0.4 is 28.3 Å². The first-order valence-corrected chi connectivity index (χ1v) is 21.3. The van der Waals surface area contributed by atoms with Crippen LogP contribution in [0, 0.1) is 0 Å². The van der Waals surface area contributed by atoms with Gasteiger partial charge in [-0.05, 0) is 75.6 Å². The van der Waals surface area contributed by atoms with Gasteiger partial charge in [-0.3, -0.25) is 10.0 Å². The smallest absolute Gasteiger partial charge is 0.243 e. The molecule has 0 spiro atoms. The number of pyridine rings is 2. The van der Waals surface area contributed by atoms with Crippen LogP contribution in [0.15, 0.2) is 157 Å². The SMILES string of the molecule is CN(N=Cc1cc[n+](CCCCCCn2cc[n+](CCCCn3cc[n+](CCCCCC[n+]4ccc(C=NN(C)c5ccccc5)cc4)c3)c2)cc1)c1ccccc1. The summed E-state index contributed by atoms with van der Waals surface area (Å²) < 4.78 is 13.9. The summed E-state index contributed by atoms with van der Waals surface area (Å²) in [5.41, 5.74) is 4.36. The van der Waals surface area contributed by atoms with Gasteiger partial charge in [0.15, 0.2) is 24.8 Å². The standard InChI is InChI=1S/C48H64N10/c1-51(47-19-9-7-10-20-47)49-41-45-23-33-53(34-24-45)27-13-3-5-15-29-55-37-39-57(43-55)31-17-18-32-58-40-38-56(44-58)30-16-6-4-14-28-54-35-25-46(26-36-54)42-50-52(2)48-21-11-8-12-22-48/h7-12,19-26,33-44H,3-6,13-18,27-32H2,1-2H3/q+4. The summed E-state index contributed by atoms with van der Waals surface area (Å²) in [5, 5.41) is 12.9. The van der Waals surface area contributed by atoms with E-state index in [0.29, 0.717) is 0 Å². The Balaban J connectivity index is 0.754. The molecule has 0 atom stereocenters. The van der Waals surface area contributed by atoms with Crippen LogP contribution in [0.5, 0.6) is 0 Å². The van der Waals surface area contributed by atoms with Gasteiger partial charge < -0.3 is 0 Å². The van der Waals surface area contributed by atoms with Crippen LogP contribution in [-0.4, -0.2) is 35.7 Å². The second kappa shape index (κ2) is 23.4. The van der Waals surface area contributed by atoms with Crippen molar-refractivity contribution in [2.45, 2.75) is 103 Å². The van der Waals surface area contributed by atoms with E-state index in [-0.39, 0.29) is 0 Å². The fourth-order valence-electron chi connectivity index (χ4n) is 7.02. The molecular formula is C48H64N10+4. The molecule has 0 aliphatic carbocycles. The third-order valence-electron chi connectivity index (χ3n) is 10.6. The van der Waals surface area contributed by atoms with E-state index in [1.165, 1.54) is 64.2 Å². The molecule has 0 aliphatic heterocycles. The lowest BCUT2D eigenvalue weighted by molar-refractivity contribution is -0.698. The van der Waals surface area contributed by atoms with Crippen molar-refractivity contribution in [2.24, 2.45) is 10.2 Å². The van der Waals surface area contributed by atoms with Gasteiger partial charge in [-0.1, -0.05) is 36.4 Å². The number of benzene rings is 2. The maximum Gasteiger partial charge on any atom is 0.243 e. The minimum atomic E-state index is 1.05. The Morgan fingerprint density at radius 2 is 0.793 bits per heavy atom. The molecule has 4 heterocycles. The highest BCUT2D eigenvalue weighted by Gasteiger charge is 2.08. The highest BCUT2D eigenvalue weighted by Crippen LogP contribution is 2.12. The van der Waals surface area contributed by atoms with E-state index >= 15 is 0 Å². The quantitative estimate of drug-likeness (QED) is 0.0264. The molecule has 0 fully saturated rings. The summed E-state index contributed by atoms with van der Waals surface area (Å²) in [7, 11) is 3.95. The number of hydrazone groups is 2. The van der Waals surface area contributed by atoms with Gasteiger partial charge in [0.05, 0.1) is 50.0 Å². The van der Waals surface area contributed by atoms with Crippen LogP contribution in [0.4, 0.5) is 11.4 Å². The zero-order chi connectivity index (χ0) is 40.0. The Morgan fingerprint density at radius 3 is 1.22 bits per heavy atom. The van der Waals surface area contributed by atoms with Crippen molar-refractivity contribution in [3.8, 4) is 0 Å². The van der Waals surface area contributed by atoms with Crippen molar-refractivity contribution in [3.63, 3.8) is 0 Å². The number of aromatic nitrogens is 6. The summed E-state index contributed by atoms with van der Waals surface area (Å²) in [6.07, 6.45) is 38.2. The molecule has 58 heavy (non-hydrogen) atoms. The molecule has 0 saturated carbocycles. The highest BCUT2D eigenvalue weighted by molar-refractivity contribution is 5.80. The number of imidazole rings is 2. The van der Waals surface area contributed by atoms with Crippen molar-refractivity contribution in [1.29, 1.82) is 0 Å². The third-order valence-corrected chi connectivity index (χ3v) is 10.6. The number of anilines is 2. The molecule has 302 valence electrons. The summed E-state index contributed by atoms with van der Waals surface area (Å²) in [5.74, 6) is 0. The number of unbranched alkanes of at least 4 members (excludes halogenated alkanes) is 7. The fourth-order valence-corrected chi connectivity index (χ4v) is 7.02. The summed E-state index contributed by atoms with van der Waals surface area (Å²) >= 11 is 0. The Hall–Kier alpha value is -5.90. The van der Waals surface area contributed by atoms with Crippen molar-refractivity contribution in [1.82, 2.24) is 9.13 Å². The molecule has 0 unspecified atom stereocenters. The number of hydrogen-bond acceptors (Lipinski definition) is 4. The molecular weight excluding hydrogens is 717 g/mol. The second-order valence-corrected chi connectivity index (χ2v) is 15.3. The number of para-hydroxylation sites is 2. The van der Waals surface area contributed by atoms with E-state index in [0.717, 1.165) is 61.8 Å². The first kappa shape index (κ1) is 41.7. The van der Waals surface area contributed by atoms with Gasteiger partial charge in [0, 0.05) is 62.3 Å². The summed E-state index contributed by atoms with van der Waals surface area (Å²) in [4.78, 5) is 0. The minimum absolute atomic E-state index is 1.05. The molecule has 0 N–H and O–H groups in total. The maximum atomic E-state index is 4.57. The lowest BCUT2D eigenvalue weighted by atomic mass is 10.2. The van der Waals surface area contributed by atoms with Crippen LogP contribution in [0.2, 0.25) is 0 Å². The molecule has 2 aromatic carbocycles. The van der Waals surface area contributed by atoms with E-state index < -0.39 is 0 Å². The van der Waals surface area contributed by atoms with Gasteiger partial charge in [-0.2, -0.15) is 10.2 Å². The highest BCUT2D eigenvalue weighted by atomic mass is 15.4. The van der Waals surface area contributed by atoms with E-state index in [9.17, 15) is 0 Å². The first-order chi connectivity index (χ1) is 28.6. The number of nitrogens with zero attached hydrogens (tertiary/aromatic N) is 10. The zero-order valence-electron chi connectivity index (χ0n) is 34.8. The lowest BCUT2D eigenvalue weighted by Crippen LogP contribution is -2.33. The molecule has 6 rings (SSSR count). The van der Waals surface area contributed by atoms with E-state index in [2.05, 4.69) is 148 Å². The second-order valence-electron chi connectivity index (χ2n) is 15.3. The number of aryl methyl sites for hydroxylation is 6. The molecule has 0 bridgehead atoms. The number of rotatable bonds is 25. The minimum Gasteiger partial charge on any atom is -0.269 e. The van der Waals surface area contributed by atoms with Gasteiger partial charge in [0.25, 0.3) is 0 Å². The predicted molar refractivity (Wildman–Crippen MR) is 234 cm³/mol. The molecule has 0 amide bonds. The van der Waals surface area contributed by atoms with Crippen LogP contribution in [0.3, 0.4) is 0 Å². The van der Waals surface area contributed by atoms with Gasteiger partial charge in [0.1, 0.15) is 37.9 Å². The summed E-state index contributed by atoms with van der Waals surface area (Å²) in [6, 6.07) is 28.9. The predicted octanol–water partition coefficient (Wildman–Crippen LogP) is 7.38. The Bertz CT molecular complexity index is 1920. The molecule has 0 radical (unpaired) electrons. The average molecular weight is 781 g/mol. The van der Waals surface area contributed by atoms with Crippen LogP contribution in [-0.2, 0) is 39.3 Å². The fraction of sp³-hybridized carbons (Fsp3) is 0.375. The molecule has 0 saturated heterocycles. The average Bonchev–Trinajstić information content (AvgIpc) is 3.93.